The fourth-order valence-electron chi connectivity index (χ4n) is 4.06. The van der Waals surface area contributed by atoms with Gasteiger partial charge in [-0.05, 0) is 43.5 Å². The average molecular weight is 394 g/mol. The van der Waals surface area contributed by atoms with Gasteiger partial charge in [0.2, 0.25) is 0 Å². The van der Waals surface area contributed by atoms with Crippen LogP contribution in [0.1, 0.15) is 47.4 Å². The highest BCUT2D eigenvalue weighted by molar-refractivity contribution is 5.94. The number of piperidine rings is 1. The third-order valence-corrected chi connectivity index (χ3v) is 5.50. The van der Waals surface area contributed by atoms with Crippen molar-refractivity contribution in [3.05, 3.63) is 70.2 Å². The van der Waals surface area contributed by atoms with Gasteiger partial charge >= 0.3 is 5.69 Å². The Morgan fingerprint density at radius 3 is 2.90 bits per heavy atom. The van der Waals surface area contributed by atoms with Crippen molar-refractivity contribution in [3.63, 3.8) is 0 Å². The Morgan fingerprint density at radius 2 is 2.14 bits per heavy atom. The lowest BCUT2D eigenvalue weighted by Crippen LogP contribution is -2.40. The van der Waals surface area contributed by atoms with Crippen molar-refractivity contribution >= 4 is 5.91 Å². The number of aryl methyl sites for hydroxylation is 1. The van der Waals surface area contributed by atoms with Gasteiger partial charge in [-0.2, -0.15) is 10.2 Å². The van der Waals surface area contributed by atoms with Gasteiger partial charge < -0.3 is 4.90 Å². The maximum absolute atomic E-state index is 13.2. The van der Waals surface area contributed by atoms with Crippen LogP contribution in [0.4, 0.5) is 0 Å². The van der Waals surface area contributed by atoms with E-state index >= 15 is 0 Å². The summed E-state index contributed by atoms with van der Waals surface area (Å²) in [7, 11) is 1.68. The van der Waals surface area contributed by atoms with Crippen LogP contribution in [0.15, 0.2) is 47.5 Å². The third kappa shape index (κ3) is 3.87. The van der Waals surface area contributed by atoms with Gasteiger partial charge in [0.05, 0.1) is 6.54 Å². The Morgan fingerprint density at radius 1 is 1.28 bits per heavy atom. The summed E-state index contributed by atoms with van der Waals surface area (Å²) in [6, 6.07) is 9.61. The predicted molar refractivity (Wildman–Crippen MR) is 109 cm³/mol. The largest absolute Gasteiger partial charge is 0.345 e. The first-order valence-electron chi connectivity index (χ1n) is 10.1. The van der Waals surface area contributed by atoms with E-state index in [0.29, 0.717) is 25.2 Å². The van der Waals surface area contributed by atoms with Gasteiger partial charge in [0, 0.05) is 50.6 Å². The Hall–Kier alpha value is -3.16. The van der Waals surface area contributed by atoms with E-state index in [1.807, 2.05) is 53.0 Å². The smallest absolute Gasteiger partial charge is 0.338 e. The molecule has 3 aromatic rings. The first kappa shape index (κ1) is 19.2. The third-order valence-electron chi connectivity index (χ3n) is 5.50. The van der Waals surface area contributed by atoms with Crippen molar-refractivity contribution in [2.45, 2.75) is 38.8 Å². The lowest BCUT2D eigenvalue weighted by atomic mass is 9.96. The summed E-state index contributed by atoms with van der Waals surface area (Å²) < 4.78 is 4.94. The van der Waals surface area contributed by atoms with E-state index < -0.39 is 0 Å². The summed E-state index contributed by atoms with van der Waals surface area (Å²) >= 11 is 0. The van der Waals surface area contributed by atoms with E-state index in [2.05, 4.69) is 10.2 Å². The van der Waals surface area contributed by atoms with Crippen LogP contribution in [0, 0.1) is 0 Å². The molecular weight excluding hydrogens is 368 g/mol. The molecule has 1 aliphatic heterocycles. The van der Waals surface area contributed by atoms with Gasteiger partial charge in [0.1, 0.15) is 5.82 Å². The van der Waals surface area contributed by atoms with E-state index in [-0.39, 0.29) is 17.5 Å². The van der Waals surface area contributed by atoms with E-state index in [1.165, 1.54) is 4.68 Å². The van der Waals surface area contributed by atoms with Crippen molar-refractivity contribution in [2.24, 2.45) is 7.05 Å². The molecule has 0 N–H and O–H groups in total. The second kappa shape index (κ2) is 8.06. The molecule has 4 rings (SSSR count). The summed E-state index contributed by atoms with van der Waals surface area (Å²) in [6.07, 6.45) is 5.48. The van der Waals surface area contributed by atoms with Crippen molar-refractivity contribution in [1.29, 1.82) is 0 Å². The minimum atomic E-state index is -0.0997. The fraction of sp³-hybridized carbons (Fsp3) is 0.429. The number of carbonyl (C=O) groups is 1. The normalized spacial score (nSPS) is 16.9. The molecule has 1 amide bonds. The number of hydrogen-bond acceptors (Lipinski definition) is 4. The molecule has 8 heteroatoms. The quantitative estimate of drug-likeness (QED) is 0.662. The Labute approximate surface area is 169 Å². The number of rotatable bonds is 5. The lowest BCUT2D eigenvalue weighted by molar-refractivity contribution is 0.0703. The van der Waals surface area contributed by atoms with Crippen LogP contribution in [-0.4, -0.2) is 48.0 Å². The molecule has 0 unspecified atom stereocenters. The van der Waals surface area contributed by atoms with Crippen LogP contribution in [0.3, 0.4) is 0 Å². The minimum Gasteiger partial charge on any atom is -0.338 e. The topological polar surface area (TPSA) is 78.0 Å². The first-order valence-corrected chi connectivity index (χ1v) is 10.1. The summed E-state index contributed by atoms with van der Waals surface area (Å²) in [5.41, 5.74) is 1.62. The summed E-state index contributed by atoms with van der Waals surface area (Å²) in [5, 5.41) is 8.68. The van der Waals surface area contributed by atoms with Gasteiger partial charge in [-0.3, -0.25) is 14.0 Å². The van der Waals surface area contributed by atoms with Crippen LogP contribution in [0.25, 0.3) is 0 Å². The van der Waals surface area contributed by atoms with Crippen LogP contribution >= 0.6 is 0 Å². The van der Waals surface area contributed by atoms with Crippen molar-refractivity contribution in [1.82, 2.24) is 29.0 Å². The van der Waals surface area contributed by atoms with Gasteiger partial charge in [-0.1, -0.05) is 12.1 Å². The summed E-state index contributed by atoms with van der Waals surface area (Å²) in [6.45, 7) is 4.47. The first-order chi connectivity index (χ1) is 14.1. The molecule has 0 spiro atoms. The highest BCUT2D eigenvalue weighted by atomic mass is 16.2. The standard InChI is InChI=1S/C21H26N6O2/c1-3-27-19(23-24(2)21(27)29)18-9-5-11-25(15-18)20(28)17-8-4-7-16(13-17)14-26-12-6-10-22-26/h4,6-8,10,12-13,18H,3,5,9,11,14-15H2,1-2H3/t18-/m1/s1. The van der Waals surface area contributed by atoms with Gasteiger partial charge in [-0.25, -0.2) is 9.48 Å². The monoisotopic (exact) mass is 394 g/mol. The number of aromatic nitrogens is 5. The maximum atomic E-state index is 13.2. The van der Waals surface area contributed by atoms with E-state index in [1.54, 1.807) is 17.8 Å². The Balaban J connectivity index is 1.52. The molecule has 0 aliphatic carbocycles. The Kier molecular flexibility index (Phi) is 5.33. The molecule has 1 aromatic carbocycles. The van der Waals surface area contributed by atoms with Crippen LogP contribution < -0.4 is 5.69 Å². The van der Waals surface area contributed by atoms with E-state index in [0.717, 1.165) is 30.8 Å². The molecule has 152 valence electrons. The zero-order chi connectivity index (χ0) is 20.4. The van der Waals surface area contributed by atoms with Crippen LogP contribution in [0.5, 0.6) is 0 Å². The highest BCUT2D eigenvalue weighted by Gasteiger charge is 2.29. The number of likely N-dealkylation sites (tertiary alicyclic amines) is 1. The zero-order valence-corrected chi connectivity index (χ0v) is 16.9. The van der Waals surface area contributed by atoms with Gasteiger partial charge in [0.15, 0.2) is 0 Å². The average Bonchev–Trinajstić information content (AvgIpc) is 3.35. The number of benzene rings is 1. The minimum absolute atomic E-state index is 0.0262. The van der Waals surface area contributed by atoms with Crippen LogP contribution in [-0.2, 0) is 20.1 Å². The predicted octanol–water partition coefficient (Wildman–Crippen LogP) is 1.87. The zero-order valence-electron chi connectivity index (χ0n) is 16.9. The SMILES string of the molecule is CCn1c([C@@H]2CCCN(C(=O)c3cccc(Cn4cccn4)c3)C2)nn(C)c1=O. The molecule has 29 heavy (non-hydrogen) atoms. The maximum Gasteiger partial charge on any atom is 0.345 e. The number of amides is 1. The molecule has 2 aromatic heterocycles. The van der Waals surface area contributed by atoms with E-state index in [9.17, 15) is 9.59 Å². The molecule has 0 radical (unpaired) electrons. The molecule has 1 atom stereocenters. The van der Waals surface area contributed by atoms with Crippen molar-refractivity contribution in [3.8, 4) is 0 Å². The van der Waals surface area contributed by atoms with Crippen molar-refractivity contribution < 1.29 is 4.79 Å². The van der Waals surface area contributed by atoms with Crippen molar-refractivity contribution in [2.75, 3.05) is 13.1 Å². The number of carbonyl (C=O) groups excluding carboxylic acids is 1. The van der Waals surface area contributed by atoms with Gasteiger partial charge in [0.25, 0.3) is 5.91 Å². The molecule has 0 bridgehead atoms. The molecule has 8 nitrogen and oxygen atoms in total. The molecule has 1 aliphatic rings. The summed E-state index contributed by atoms with van der Waals surface area (Å²) in [4.78, 5) is 27.3. The second-order valence-electron chi connectivity index (χ2n) is 7.50. The second-order valence-corrected chi connectivity index (χ2v) is 7.50. The molecule has 1 saturated heterocycles. The molecule has 3 heterocycles. The highest BCUT2D eigenvalue weighted by Crippen LogP contribution is 2.26. The Bertz CT molecular complexity index is 1050. The molecule has 0 saturated carbocycles. The van der Waals surface area contributed by atoms with Crippen LogP contribution in [0.2, 0.25) is 0 Å². The van der Waals surface area contributed by atoms with E-state index in [4.69, 9.17) is 0 Å². The molecular formula is C21H26N6O2. The van der Waals surface area contributed by atoms with Gasteiger partial charge in [-0.15, -0.1) is 0 Å². The molecule has 1 fully saturated rings. The summed E-state index contributed by atoms with van der Waals surface area (Å²) in [5.74, 6) is 0.886. The fourth-order valence-corrected chi connectivity index (χ4v) is 4.06. The number of nitrogens with zero attached hydrogens (tertiary/aromatic N) is 6. The lowest BCUT2D eigenvalue weighted by Gasteiger charge is -2.32. The number of hydrogen-bond donors (Lipinski definition) is 0.